The third-order valence-electron chi connectivity index (χ3n) is 2.78. The van der Waals surface area contributed by atoms with Gasteiger partial charge in [0.25, 0.3) is 0 Å². The SMILES string of the molecule is Nc1nccc(C2C(=O)Nc3ccccc32)n1. The predicted octanol–water partition coefficient (Wildman–Crippen LogP) is 1.14. The number of carbonyl (C=O) groups excluding carboxylic acids is 1. The smallest absolute Gasteiger partial charge is 0.238 e. The minimum absolute atomic E-state index is 0.0794. The van der Waals surface area contributed by atoms with Crippen molar-refractivity contribution in [2.24, 2.45) is 0 Å². The van der Waals surface area contributed by atoms with E-state index in [4.69, 9.17) is 5.73 Å². The van der Waals surface area contributed by atoms with Crippen LogP contribution in [-0.4, -0.2) is 15.9 Å². The number of fused-ring (bicyclic) bond motifs is 1. The van der Waals surface area contributed by atoms with Gasteiger partial charge in [-0.1, -0.05) is 18.2 Å². The molecule has 0 saturated carbocycles. The Balaban J connectivity index is 2.13. The number of amides is 1. The average molecular weight is 226 g/mol. The van der Waals surface area contributed by atoms with Gasteiger partial charge in [-0.15, -0.1) is 0 Å². The van der Waals surface area contributed by atoms with Crippen LogP contribution in [0.5, 0.6) is 0 Å². The lowest BCUT2D eigenvalue weighted by Gasteiger charge is -2.07. The van der Waals surface area contributed by atoms with Gasteiger partial charge in [-0.2, -0.15) is 0 Å². The van der Waals surface area contributed by atoms with E-state index in [1.807, 2.05) is 24.3 Å². The predicted molar refractivity (Wildman–Crippen MR) is 63.4 cm³/mol. The number of nitrogens with zero attached hydrogens (tertiary/aromatic N) is 2. The minimum Gasteiger partial charge on any atom is -0.368 e. The molecule has 0 fully saturated rings. The highest BCUT2D eigenvalue weighted by Crippen LogP contribution is 2.35. The zero-order chi connectivity index (χ0) is 11.8. The fraction of sp³-hybridized carbons (Fsp3) is 0.0833. The van der Waals surface area contributed by atoms with Gasteiger partial charge in [0.1, 0.15) is 5.92 Å². The number of aromatic nitrogens is 2. The normalized spacial score (nSPS) is 17.6. The van der Waals surface area contributed by atoms with Gasteiger partial charge in [0, 0.05) is 11.9 Å². The van der Waals surface area contributed by atoms with Gasteiger partial charge in [0.05, 0.1) is 5.69 Å². The highest BCUT2D eigenvalue weighted by molar-refractivity contribution is 6.04. The van der Waals surface area contributed by atoms with Gasteiger partial charge < -0.3 is 11.1 Å². The van der Waals surface area contributed by atoms with Crippen LogP contribution in [0.25, 0.3) is 0 Å². The van der Waals surface area contributed by atoms with Crippen LogP contribution in [0, 0.1) is 0 Å². The summed E-state index contributed by atoms with van der Waals surface area (Å²) in [7, 11) is 0. The number of nitrogens with two attached hydrogens (primary N) is 1. The second-order valence-corrected chi connectivity index (χ2v) is 3.85. The molecule has 1 aliphatic rings. The highest BCUT2D eigenvalue weighted by atomic mass is 16.2. The third-order valence-corrected chi connectivity index (χ3v) is 2.78. The Morgan fingerprint density at radius 1 is 1.24 bits per heavy atom. The van der Waals surface area contributed by atoms with Crippen molar-refractivity contribution in [1.29, 1.82) is 0 Å². The van der Waals surface area contributed by atoms with E-state index in [-0.39, 0.29) is 11.9 Å². The Bertz CT molecular complexity index is 597. The standard InChI is InChI=1S/C12H10N4O/c13-12-14-6-5-9(16-12)10-7-3-1-2-4-8(7)15-11(10)17/h1-6,10H,(H,15,17)(H2,13,14,16). The molecule has 5 heteroatoms. The summed E-state index contributed by atoms with van der Waals surface area (Å²) in [4.78, 5) is 19.9. The number of benzene rings is 1. The van der Waals surface area contributed by atoms with Crippen LogP contribution < -0.4 is 11.1 Å². The molecule has 2 heterocycles. The fourth-order valence-corrected chi connectivity index (χ4v) is 2.05. The summed E-state index contributed by atoms with van der Waals surface area (Å²) in [5.41, 5.74) is 7.92. The second kappa shape index (κ2) is 3.55. The van der Waals surface area contributed by atoms with Crippen LogP contribution in [0.3, 0.4) is 0 Å². The van der Waals surface area contributed by atoms with Crippen molar-refractivity contribution < 1.29 is 4.79 Å². The summed E-state index contributed by atoms with van der Waals surface area (Å²) in [6.45, 7) is 0. The first-order chi connectivity index (χ1) is 8.25. The second-order valence-electron chi connectivity index (χ2n) is 3.85. The number of hydrogen-bond acceptors (Lipinski definition) is 4. The van der Waals surface area contributed by atoms with Crippen molar-refractivity contribution in [2.75, 3.05) is 11.1 Å². The molecule has 0 bridgehead atoms. The molecule has 17 heavy (non-hydrogen) atoms. The first-order valence-corrected chi connectivity index (χ1v) is 5.24. The van der Waals surface area contributed by atoms with Gasteiger partial charge in [0.15, 0.2) is 0 Å². The molecule has 0 saturated heterocycles. The molecule has 1 aromatic carbocycles. The quantitative estimate of drug-likeness (QED) is 0.764. The number of rotatable bonds is 1. The summed E-state index contributed by atoms with van der Waals surface area (Å²) in [5.74, 6) is -0.291. The molecule has 2 aromatic rings. The molecule has 1 aromatic heterocycles. The molecular formula is C12H10N4O. The average Bonchev–Trinajstić information content (AvgIpc) is 2.64. The molecule has 0 aliphatic carbocycles. The van der Waals surface area contributed by atoms with Crippen LogP contribution in [0.1, 0.15) is 17.2 Å². The number of carbonyl (C=O) groups is 1. The Hall–Kier alpha value is -2.43. The van der Waals surface area contributed by atoms with E-state index in [1.165, 1.54) is 0 Å². The number of nitrogens with one attached hydrogen (secondary N) is 1. The highest BCUT2D eigenvalue weighted by Gasteiger charge is 2.32. The third kappa shape index (κ3) is 1.52. The van der Waals surface area contributed by atoms with Crippen molar-refractivity contribution in [1.82, 2.24) is 9.97 Å². The van der Waals surface area contributed by atoms with Crippen molar-refractivity contribution in [3.63, 3.8) is 0 Å². The largest absolute Gasteiger partial charge is 0.368 e. The maximum atomic E-state index is 11.9. The summed E-state index contributed by atoms with van der Waals surface area (Å²) in [6, 6.07) is 9.28. The molecule has 1 aliphatic heterocycles. The monoisotopic (exact) mass is 226 g/mol. The molecule has 5 nitrogen and oxygen atoms in total. The molecule has 3 rings (SSSR count). The van der Waals surface area contributed by atoms with Gasteiger partial charge in [-0.3, -0.25) is 4.79 Å². The van der Waals surface area contributed by atoms with E-state index in [0.717, 1.165) is 11.3 Å². The van der Waals surface area contributed by atoms with Gasteiger partial charge >= 0.3 is 0 Å². The number of anilines is 2. The van der Waals surface area contributed by atoms with Crippen molar-refractivity contribution in [3.8, 4) is 0 Å². The van der Waals surface area contributed by atoms with Crippen LogP contribution in [0.2, 0.25) is 0 Å². The minimum atomic E-state index is -0.392. The van der Waals surface area contributed by atoms with Crippen molar-refractivity contribution >= 4 is 17.5 Å². The number of nitrogen functional groups attached to an aromatic ring is 1. The van der Waals surface area contributed by atoms with Gasteiger partial charge in [-0.25, -0.2) is 9.97 Å². The maximum absolute atomic E-state index is 11.9. The summed E-state index contributed by atoms with van der Waals surface area (Å²) in [5, 5.41) is 2.83. The Labute approximate surface area is 97.7 Å². The first-order valence-electron chi connectivity index (χ1n) is 5.24. The molecule has 3 N–H and O–H groups in total. The van der Waals surface area contributed by atoms with E-state index in [2.05, 4.69) is 15.3 Å². The van der Waals surface area contributed by atoms with Crippen LogP contribution >= 0.6 is 0 Å². The Kier molecular flexibility index (Phi) is 2.04. The van der Waals surface area contributed by atoms with Crippen LogP contribution in [0.15, 0.2) is 36.5 Å². The van der Waals surface area contributed by atoms with E-state index >= 15 is 0 Å². The summed E-state index contributed by atoms with van der Waals surface area (Å²) in [6.07, 6.45) is 1.56. The lowest BCUT2D eigenvalue weighted by atomic mass is 9.97. The molecule has 0 radical (unpaired) electrons. The van der Waals surface area contributed by atoms with E-state index in [0.29, 0.717) is 5.69 Å². The molecule has 1 atom stereocenters. The molecule has 84 valence electrons. The lowest BCUT2D eigenvalue weighted by molar-refractivity contribution is -0.116. The van der Waals surface area contributed by atoms with Crippen molar-refractivity contribution in [2.45, 2.75) is 5.92 Å². The van der Waals surface area contributed by atoms with Crippen LogP contribution in [-0.2, 0) is 4.79 Å². The number of hydrogen-bond donors (Lipinski definition) is 2. The van der Waals surface area contributed by atoms with E-state index < -0.39 is 5.92 Å². The molecule has 1 amide bonds. The molecule has 1 unspecified atom stereocenters. The lowest BCUT2D eigenvalue weighted by Crippen LogP contribution is -2.15. The van der Waals surface area contributed by atoms with Crippen molar-refractivity contribution in [3.05, 3.63) is 47.8 Å². The van der Waals surface area contributed by atoms with Gasteiger partial charge in [-0.05, 0) is 17.7 Å². The molecule has 0 spiro atoms. The molecular weight excluding hydrogens is 216 g/mol. The van der Waals surface area contributed by atoms with Crippen LogP contribution in [0.4, 0.5) is 11.6 Å². The summed E-state index contributed by atoms with van der Waals surface area (Å²) < 4.78 is 0. The topological polar surface area (TPSA) is 80.9 Å². The summed E-state index contributed by atoms with van der Waals surface area (Å²) >= 11 is 0. The maximum Gasteiger partial charge on any atom is 0.238 e. The Morgan fingerprint density at radius 2 is 2.06 bits per heavy atom. The first kappa shape index (κ1) is 9.77. The number of para-hydroxylation sites is 1. The van der Waals surface area contributed by atoms with E-state index in [1.54, 1.807) is 12.3 Å². The zero-order valence-corrected chi connectivity index (χ0v) is 8.92. The van der Waals surface area contributed by atoms with E-state index in [9.17, 15) is 4.79 Å². The fourth-order valence-electron chi connectivity index (χ4n) is 2.05. The van der Waals surface area contributed by atoms with Gasteiger partial charge in [0.2, 0.25) is 11.9 Å². The zero-order valence-electron chi connectivity index (χ0n) is 8.92. The Morgan fingerprint density at radius 3 is 2.88 bits per heavy atom.